The molecule has 96 valence electrons. The fraction of sp³-hybridized carbons (Fsp3) is 0.417. The Labute approximate surface area is 123 Å². The zero-order chi connectivity index (χ0) is 13.0. The van der Waals surface area contributed by atoms with Crippen molar-refractivity contribution >= 4 is 31.9 Å². The fourth-order valence-corrected chi connectivity index (χ4v) is 2.92. The van der Waals surface area contributed by atoms with Crippen LogP contribution in [0.5, 0.6) is 0 Å². The molecule has 0 N–H and O–H groups in total. The topological polar surface area (TPSA) is 43.6 Å². The van der Waals surface area contributed by atoms with Gasteiger partial charge < -0.3 is 0 Å². The molecule has 0 aliphatic rings. The van der Waals surface area contributed by atoms with E-state index in [2.05, 4.69) is 54.3 Å². The van der Waals surface area contributed by atoms with E-state index in [1.54, 1.807) is 4.68 Å². The van der Waals surface area contributed by atoms with Crippen LogP contribution < -0.4 is 0 Å². The molecule has 0 spiro atoms. The van der Waals surface area contributed by atoms with Gasteiger partial charge in [0.25, 0.3) is 0 Å². The molecule has 0 saturated carbocycles. The zero-order valence-corrected chi connectivity index (χ0v) is 13.2. The molecule has 6 heteroatoms. The van der Waals surface area contributed by atoms with Crippen molar-refractivity contribution < 1.29 is 0 Å². The number of tetrazole rings is 1. The number of alkyl halides is 2. The molecule has 2 rings (SSSR count). The number of halogens is 2. The molecular formula is C12H14Br2N4. The summed E-state index contributed by atoms with van der Waals surface area (Å²) in [4.78, 5) is 0. The Morgan fingerprint density at radius 3 is 2.44 bits per heavy atom. The van der Waals surface area contributed by atoms with E-state index in [4.69, 9.17) is 0 Å². The molecule has 4 nitrogen and oxygen atoms in total. The summed E-state index contributed by atoms with van der Waals surface area (Å²) in [5.74, 6) is 0.877. The van der Waals surface area contributed by atoms with Crippen molar-refractivity contribution in [3.63, 3.8) is 0 Å². The molecule has 1 aromatic heterocycles. The second-order valence-electron chi connectivity index (χ2n) is 4.60. The number of para-hydroxylation sites is 1. The Balaban J connectivity index is 2.29. The molecule has 1 heterocycles. The van der Waals surface area contributed by atoms with Gasteiger partial charge in [0, 0.05) is 17.1 Å². The van der Waals surface area contributed by atoms with Crippen molar-refractivity contribution in [3.8, 4) is 5.69 Å². The lowest BCUT2D eigenvalue weighted by Crippen LogP contribution is -2.25. The van der Waals surface area contributed by atoms with Crippen LogP contribution in [0, 0.1) is 5.41 Å². The minimum absolute atomic E-state index is 0.0985. The second-order valence-corrected chi connectivity index (χ2v) is 5.72. The number of rotatable bonds is 5. The number of hydrogen-bond donors (Lipinski definition) is 0. The van der Waals surface area contributed by atoms with E-state index < -0.39 is 0 Å². The number of nitrogens with zero attached hydrogens (tertiary/aromatic N) is 4. The summed E-state index contributed by atoms with van der Waals surface area (Å²) in [7, 11) is 0. The average Bonchev–Trinajstić information content (AvgIpc) is 2.87. The third kappa shape index (κ3) is 2.98. The van der Waals surface area contributed by atoms with Gasteiger partial charge in [0.2, 0.25) is 0 Å². The predicted octanol–water partition coefficient (Wildman–Crippen LogP) is 3.00. The second kappa shape index (κ2) is 5.93. The highest BCUT2D eigenvalue weighted by atomic mass is 79.9. The van der Waals surface area contributed by atoms with Gasteiger partial charge in [0.05, 0.1) is 5.69 Å². The monoisotopic (exact) mass is 372 g/mol. The van der Waals surface area contributed by atoms with Crippen molar-refractivity contribution in [1.29, 1.82) is 0 Å². The van der Waals surface area contributed by atoms with Gasteiger partial charge in [-0.25, -0.2) is 0 Å². The van der Waals surface area contributed by atoms with Gasteiger partial charge in [-0.2, -0.15) is 4.68 Å². The molecule has 0 radical (unpaired) electrons. The minimum Gasteiger partial charge on any atom is -0.197 e. The van der Waals surface area contributed by atoms with E-state index >= 15 is 0 Å². The lowest BCUT2D eigenvalue weighted by molar-refractivity contribution is 0.422. The molecule has 0 fully saturated rings. The highest BCUT2D eigenvalue weighted by Gasteiger charge is 2.25. The normalized spacial score (nSPS) is 11.7. The Bertz CT molecular complexity index is 494. The van der Waals surface area contributed by atoms with Crippen LogP contribution in [0.1, 0.15) is 12.7 Å². The van der Waals surface area contributed by atoms with Crippen molar-refractivity contribution in [2.75, 3.05) is 10.7 Å². The number of benzene rings is 1. The maximum absolute atomic E-state index is 4.13. The van der Waals surface area contributed by atoms with Crippen LogP contribution in [-0.4, -0.2) is 30.9 Å². The van der Waals surface area contributed by atoms with Gasteiger partial charge in [-0.1, -0.05) is 57.0 Å². The van der Waals surface area contributed by atoms with Gasteiger partial charge >= 0.3 is 0 Å². The van der Waals surface area contributed by atoms with E-state index in [0.29, 0.717) is 0 Å². The van der Waals surface area contributed by atoms with Crippen LogP contribution >= 0.6 is 31.9 Å². The van der Waals surface area contributed by atoms with Crippen LogP contribution in [0.3, 0.4) is 0 Å². The third-order valence-corrected chi connectivity index (χ3v) is 5.47. The first-order chi connectivity index (χ1) is 8.68. The molecule has 0 atom stereocenters. The minimum atomic E-state index is 0.0985. The number of aromatic nitrogens is 4. The van der Waals surface area contributed by atoms with Gasteiger partial charge in [0.15, 0.2) is 5.82 Å². The largest absolute Gasteiger partial charge is 0.197 e. The van der Waals surface area contributed by atoms with Crippen LogP contribution in [0.25, 0.3) is 5.69 Å². The van der Waals surface area contributed by atoms with Gasteiger partial charge in [0.1, 0.15) is 0 Å². The molecule has 18 heavy (non-hydrogen) atoms. The highest BCUT2D eigenvalue weighted by molar-refractivity contribution is 9.09. The van der Waals surface area contributed by atoms with E-state index in [9.17, 15) is 0 Å². The molecular weight excluding hydrogens is 360 g/mol. The molecule has 0 aliphatic heterocycles. The summed E-state index contributed by atoms with van der Waals surface area (Å²) < 4.78 is 1.80. The smallest absolute Gasteiger partial charge is 0.157 e. The Morgan fingerprint density at radius 2 is 1.83 bits per heavy atom. The molecule has 0 bridgehead atoms. The zero-order valence-electron chi connectivity index (χ0n) is 10.1. The van der Waals surface area contributed by atoms with Crippen molar-refractivity contribution in [3.05, 3.63) is 36.2 Å². The van der Waals surface area contributed by atoms with E-state index in [0.717, 1.165) is 28.6 Å². The lowest BCUT2D eigenvalue weighted by atomic mass is 9.92. The summed E-state index contributed by atoms with van der Waals surface area (Å²) in [6, 6.07) is 9.94. The first-order valence-electron chi connectivity index (χ1n) is 5.63. The maximum atomic E-state index is 4.13. The highest BCUT2D eigenvalue weighted by Crippen LogP contribution is 2.27. The first-order valence-corrected chi connectivity index (χ1v) is 7.87. The average molecular weight is 374 g/mol. The molecule has 2 aromatic rings. The van der Waals surface area contributed by atoms with Crippen molar-refractivity contribution in [2.24, 2.45) is 5.41 Å². The summed E-state index contributed by atoms with van der Waals surface area (Å²) in [6.07, 6.45) is 0.811. The fourth-order valence-electron chi connectivity index (χ4n) is 1.60. The maximum Gasteiger partial charge on any atom is 0.157 e. The third-order valence-electron chi connectivity index (χ3n) is 2.76. The van der Waals surface area contributed by atoms with Crippen LogP contribution in [0.2, 0.25) is 0 Å². The summed E-state index contributed by atoms with van der Waals surface area (Å²) >= 11 is 7.10. The summed E-state index contributed by atoms with van der Waals surface area (Å²) in [5, 5.41) is 13.8. The SMILES string of the molecule is CC(CBr)(CBr)Cc1nnnn1-c1ccccc1. The van der Waals surface area contributed by atoms with Gasteiger partial charge in [-0.05, 0) is 28.0 Å². The van der Waals surface area contributed by atoms with Crippen molar-refractivity contribution in [2.45, 2.75) is 13.3 Å². The van der Waals surface area contributed by atoms with E-state index in [1.165, 1.54) is 0 Å². The predicted molar refractivity (Wildman–Crippen MR) is 78.6 cm³/mol. The van der Waals surface area contributed by atoms with Gasteiger partial charge in [-0.3, -0.25) is 0 Å². The number of hydrogen-bond acceptors (Lipinski definition) is 3. The van der Waals surface area contributed by atoms with Crippen LogP contribution in [0.15, 0.2) is 30.3 Å². The molecule has 0 saturated heterocycles. The standard InChI is InChI=1S/C12H14Br2N4/c1-12(8-13,9-14)7-11-15-16-17-18(11)10-5-3-2-4-6-10/h2-6H,7-9H2,1H3. The van der Waals surface area contributed by atoms with E-state index in [-0.39, 0.29) is 5.41 Å². The van der Waals surface area contributed by atoms with Crippen LogP contribution in [-0.2, 0) is 6.42 Å². The summed E-state index contributed by atoms with van der Waals surface area (Å²) in [5.41, 5.74) is 1.09. The van der Waals surface area contributed by atoms with Crippen LogP contribution in [0.4, 0.5) is 0 Å². The quantitative estimate of drug-likeness (QED) is 0.756. The molecule has 1 aromatic carbocycles. The molecule has 0 amide bonds. The van der Waals surface area contributed by atoms with E-state index in [1.807, 2.05) is 30.3 Å². The lowest BCUT2D eigenvalue weighted by Gasteiger charge is -2.23. The first kappa shape index (κ1) is 13.7. The Kier molecular flexibility index (Phi) is 4.50. The molecule has 0 aliphatic carbocycles. The summed E-state index contributed by atoms with van der Waals surface area (Å²) in [6.45, 7) is 2.19. The van der Waals surface area contributed by atoms with Gasteiger partial charge in [-0.15, -0.1) is 5.10 Å². The van der Waals surface area contributed by atoms with Crippen molar-refractivity contribution in [1.82, 2.24) is 20.2 Å². The Morgan fingerprint density at radius 1 is 1.17 bits per heavy atom. The molecule has 0 unspecified atom stereocenters. The Hall–Kier alpha value is -0.750.